The molecule has 0 radical (unpaired) electrons. The van der Waals surface area contributed by atoms with E-state index >= 15 is 0 Å². The Hall–Kier alpha value is -1.42. The molecule has 0 unspecified atom stereocenters. The van der Waals surface area contributed by atoms with Crippen LogP contribution in [0.4, 0.5) is 0 Å². The highest BCUT2D eigenvalue weighted by molar-refractivity contribution is 6.97. The molecular weight excluding hydrogens is 228 g/mol. The van der Waals surface area contributed by atoms with Crippen LogP contribution in [0.2, 0.25) is 0 Å². The molecule has 0 amide bonds. The van der Waals surface area contributed by atoms with Crippen molar-refractivity contribution in [1.82, 2.24) is 0 Å². The molecule has 0 heterocycles. The molecule has 0 aromatic heterocycles. The predicted octanol–water partition coefficient (Wildman–Crippen LogP) is 0.924. The number of aliphatic hydroxyl groups is 1. The molecule has 0 saturated carbocycles. The smallest absolute Gasteiger partial charge is 0.280 e. The van der Waals surface area contributed by atoms with E-state index in [9.17, 15) is 5.11 Å². The van der Waals surface area contributed by atoms with Gasteiger partial charge in [0.05, 0.1) is 6.23 Å². The minimum absolute atomic E-state index is 0.0531. The first-order valence-corrected chi connectivity index (χ1v) is 7.72. The van der Waals surface area contributed by atoms with Crippen LogP contribution in [-0.2, 0) is 4.43 Å². The quantitative estimate of drug-likeness (QED) is 0.811. The van der Waals surface area contributed by atoms with Crippen LogP contribution >= 0.6 is 0 Å². The largest absolute Gasteiger partial charge is 0.410 e. The van der Waals surface area contributed by atoms with E-state index < -0.39 is 8.32 Å². The molecule has 17 heavy (non-hydrogen) atoms. The molecule has 0 bridgehead atoms. The zero-order chi connectivity index (χ0) is 12.1. The molecule has 1 N–H and O–H groups in total. The summed E-state index contributed by atoms with van der Waals surface area (Å²) >= 11 is 0. The van der Waals surface area contributed by atoms with Crippen molar-refractivity contribution in [1.29, 1.82) is 0 Å². The molecule has 0 atom stereocenters. The summed E-state index contributed by atoms with van der Waals surface area (Å²) in [7, 11) is -0.757. The Morgan fingerprint density at radius 2 is 1.29 bits per heavy atom. The Bertz CT molecular complexity index is 411. The van der Waals surface area contributed by atoms with Crippen molar-refractivity contribution < 1.29 is 9.53 Å². The van der Waals surface area contributed by atoms with E-state index in [0.29, 0.717) is 0 Å². The van der Waals surface area contributed by atoms with Gasteiger partial charge in [0.2, 0.25) is 0 Å². The molecule has 2 aromatic rings. The van der Waals surface area contributed by atoms with Crippen LogP contribution in [0.1, 0.15) is 0 Å². The lowest BCUT2D eigenvalue weighted by molar-refractivity contribution is 0.313. The minimum Gasteiger partial charge on any atom is -0.410 e. The molecule has 0 aliphatic carbocycles. The van der Waals surface area contributed by atoms with Gasteiger partial charge in [-0.2, -0.15) is 0 Å². The first kappa shape index (κ1) is 12.0. The summed E-state index contributed by atoms with van der Waals surface area (Å²) in [6, 6.07) is 20.0. The maximum atomic E-state index is 9.82. The second-order valence-electron chi connectivity index (χ2n) is 3.92. The van der Waals surface area contributed by atoms with Crippen molar-refractivity contribution in [2.45, 2.75) is 0 Å². The van der Waals surface area contributed by atoms with Gasteiger partial charge in [-0.3, -0.25) is 0 Å². The third kappa shape index (κ3) is 2.17. The summed E-state index contributed by atoms with van der Waals surface area (Å²) in [5.74, 6) is 0. The maximum Gasteiger partial charge on any atom is 0.280 e. The van der Waals surface area contributed by atoms with Crippen molar-refractivity contribution in [3.05, 3.63) is 60.7 Å². The Morgan fingerprint density at radius 3 is 1.59 bits per heavy atom. The van der Waals surface area contributed by atoms with Gasteiger partial charge < -0.3 is 9.53 Å². The summed E-state index contributed by atoms with van der Waals surface area (Å²) in [6.45, 7) is 0. The van der Waals surface area contributed by atoms with Crippen LogP contribution in [0.5, 0.6) is 0 Å². The second kappa shape index (κ2) is 5.27. The average molecular weight is 244 g/mol. The van der Waals surface area contributed by atoms with Crippen LogP contribution in [0.3, 0.4) is 0 Å². The molecule has 2 rings (SSSR count). The SMILES string of the molecule is CO[Si](CO)(c1ccccc1)c1ccccc1. The summed E-state index contributed by atoms with van der Waals surface area (Å²) in [4.78, 5) is 0. The van der Waals surface area contributed by atoms with E-state index in [0.717, 1.165) is 10.4 Å². The summed E-state index contributed by atoms with van der Waals surface area (Å²) in [5, 5.41) is 12.0. The fourth-order valence-corrected chi connectivity index (χ4v) is 4.83. The molecule has 0 aliphatic rings. The second-order valence-corrected chi connectivity index (χ2v) is 7.45. The summed E-state index contributed by atoms with van der Waals surface area (Å²) in [5.41, 5.74) is 0. The zero-order valence-electron chi connectivity index (χ0n) is 9.84. The van der Waals surface area contributed by atoms with Gasteiger partial charge in [0.25, 0.3) is 8.32 Å². The van der Waals surface area contributed by atoms with Crippen LogP contribution in [0.25, 0.3) is 0 Å². The van der Waals surface area contributed by atoms with Gasteiger partial charge in [-0.05, 0) is 10.4 Å². The van der Waals surface area contributed by atoms with E-state index in [1.165, 1.54) is 0 Å². The average Bonchev–Trinajstić information content (AvgIpc) is 2.43. The number of hydrogen-bond acceptors (Lipinski definition) is 2. The first-order chi connectivity index (χ1) is 8.33. The van der Waals surface area contributed by atoms with Gasteiger partial charge >= 0.3 is 0 Å². The van der Waals surface area contributed by atoms with Crippen LogP contribution in [0.15, 0.2) is 60.7 Å². The monoisotopic (exact) mass is 244 g/mol. The van der Waals surface area contributed by atoms with Gasteiger partial charge in [0, 0.05) is 7.11 Å². The van der Waals surface area contributed by atoms with E-state index in [1.54, 1.807) is 7.11 Å². The topological polar surface area (TPSA) is 29.5 Å². The highest BCUT2D eigenvalue weighted by Gasteiger charge is 2.37. The normalized spacial score (nSPS) is 11.4. The summed E-state index contributed by atoms with van der Waals surface area (Å²) in [6.07, 6.45) is 0.0531. The molecule has 0 aliphatic heterocycles. The highest BCUT2D eigenvalue weighted by atomic mass is 28.4. The van der Waals surface area contributed by atoms with Crippen LogP contribution in [-0.4, -0.2) is 26.8 Å². The fourth-order valence-electron chi connectivity index (χ4n) is 2.06. The lowest BCUT2D eigenvalue weighted by Crippen LogP contribution is -2.63. The van der Waals surface area contributed by atoms with Gasteiger partial charge in [0.1, 0.15) is 0 Å². The van der Waals surface area contributed by atoms with E-state index in [1.807, 2.05) is 60.7 Å². The van der Waals surface area contributed by atoms with Crippen molar-refractivity contribution in [3.63, 3.8) is 0 Å². The van der Waals surface area contributed by atoms with Crippen LogP contribution < -0.4 is 10.4 Å². The number of rotatable bonds is 4. The Balaban J connectivity index is 2.54. The summed E-state index contributed by atoms with van der Waals surface area (Å²) < 4.78 is 5.75. The van der Waals surface area contributed by atoms with Gasteiger partial charge in [-0.15, -0.1) is 0 Å². The van der Waals surface area contributed by atoms with Crippen molar-refractivity contribution >= 4 is 18.7 Å². The molecule has 0 saturated heterocycles. The van der Waals surface area contributed by atoms with Gasteiger partial charge in [-0.1, -0.05) is 60.7 Å². The first-order valence-electron chi connectivity index (χ1n) is 5.60. The lowest BCUT2D eigenvalue weighted by Gasteiger charge is -2.28. The lowest BCUT2D eigenvalue weighted by atomic mass is 10.4. The van der Waals surface area contributed by atoms with Gasteiger partial charge in [0.15, 0.2) is 0 Å². The molecule has 0 spiro atoms. The number of benzene rings is 2. The third-order valence-electron chi connectivity index (χ3n) is 3.05. The van der Waals surface area contributed by atoms with E-state index in [-0.39, 0.29) is 6.23 Å². The minimum atomic E-state index is -2.44. The number of hydrogen-bond donors (Lipinski definition) is 1. The Labute approximate surface area is 103 Å². The van der Waals surface area contributed by atoms with E-state index in [2.05, 4.69) is 0 Å². The van der Waals surface area contributed by atoms with E-state index in [4.69, 9.17) is 4.43 Å². The zero-order valence-corrected chi connectivity index (χ0v) is 10.8. The highest BCUT2D eigenvalue weighted by Crippen LogP contribution is 2.05. The van der Waals surface area contributed by atoms with Gasteiger partial charge in [-0.25, -0.2) is 0 Å². The molecule has 3 heteroatoms. The van der Waals surface area contributed by atoms with Crippen molar-refractivity contribution in [3.8, 4) is 0 Å². The molecule has 0 fully saturated rings. The fraction of sp³-hybridized carbons (Fsp3) is 0.143. The van der Waals surface area contributed by atoms with Crippen LogP contribution in [0, 0.1) is 0 Å². The van der Waals surface area contributed by atoms with Crippen molar-refractivity contribution in [2.24, 2.45) is 0 Å². The molecule has 88 valence electrons. The molecule has 2 aromatic carbocycles. The molecular formula is C14H16O2Si. The standard InChI is InChI=1S/C14H16O2Si/c1-16-17(12-15,13-8-4-2-5-9-13)14-10-6-3-7-11-14/h2-11,15H,12H2,1H3. The third-order valence-corrected chi connectivity index (χ3v) is 6.73. The Morgan fingerprint density at radius 1 is 0.882 bits per heavy atom. The Kier molecular flexibility index (Phi) is 3.74. The number of aliphatic hydroxyl groups excluding tert-OH is 1. The predicted molar refractivity (Wildman–Crippen MR) is 72.0 cm³/mol. The maximum absolute atomic E-state index is 9.82. The van der Waals surface area contributed by atoms with Crippen molar-refractivity contribution in [2.75, 3.05) is 13.3 Å². The molecule has 2 nitrogen and oxygen atoms in total.